The van der Waals surface area contributed by atoms with Crippen LogP contribution in [0.1, 0.15) is 48.8 Å². The molecule has 0 saturated heterocycles. The van der Waals surface area contributed by atoms with E-state index in [2.05, 4.69) is 37.3 Å². The highest BCUT2D eigenvalue weighted by Gasteiger charge is 2.15. The van der Waals surface area contributed by atoms with Gasteiger partial charge in [-0.2, -0.15) is 0 Å². The molecule has 1 nitrogen and oxygen atoms in total. The first-order chi connectivity index (χ1) is 10.3. The minimum absolute atomic E-state index is 1.04. The summed E-state index contributed by atoms with van der Waals surface area (Å²) in [6.07, 6.45) is 9.11. The van der Waals surface area contributed by atoms with E-state index in [9.17, 15) is 0 Å². The van der Waals surface area contributed by atoms with Crippen LogP contribution in [0.15, 0.2) is 34.7 Å². The number of fused-ring (bicyclic) bond motifs is 5. The van der Waals surface area contributed by atoms with E-state index in [0.717, 1.165) is 11.2 Å². The molecule has 1 heterocycles. The lowest BCUT2D eigenvalue weighted by atomic mass is 9.96. The molecule has 0 N–H and O–H groups in total. The highest BCUT2D eigenvalue weighted by atomic mass is 16.3. The molecule has 1 aliphatic rings. The first-order valence-electron chi connectivity index (χ1n) is 8.26. The zero-order valence-corrected chi connectivity index (χ0v) is 12.7. The second-order valence-electron chi connectivity index (χ2n) is 6.45. The van der Waals surface area contributed by atoms with Crippen molar-refractivity contribution in [1.29, 1.82) is 0 Å². The Balaban J connectivity index is 1.96. The second-order valence-corrected chi connectivity index (χ2v) is 6.45. The van der Waals surface area contributed by atoms with Crippen LogP contribution in [0, 0.1) is 6.92 Å². The molecular formula is C20H22O. The molecule has 0 bridgehead atoms. The molecule has 0 spiro atoms. The topological polar surface area (TPSA) is 13.1 Å². The fraction of sp³-hybridized carbons (Fsp3) is 0.400. The fourth-order valence-corrected chi connectivity index (χ4v) is 3.70. The number of benzene rings is 2. The lowest BCUT2D eigenvalue weighted by molar-refractivity contribution is 0.626. The van der Waals surface area contributed by atoms with Crippen molar-refractivity contribution in [1.82, 2.24) is 0 Å². The van der Waals surface area contributed by atoms with Gasteiger partial charge in [-0.25, -0.2) is 0 Å². The molecule has 3 aromatic rings. The average Bonchev–Trinajstić information content (AvgIpc) is 2.88. The Morgan fingerprint density at radius 3 is 2.48 bits per heavy atom. The van der Waals surface area contributed by atoms with Gasteiger partial charge in [0.15, 0.2) is 0 Å². The zero-order valence-electron chi connectivity index (χ0n) is 12.7. The third-order valence-electron chi connectivity index (χ3n) is 4.87. The molecule has 1 aromatic heterocycles. The van der Waals surface area contributed by atoms with E-state index in [1.54, 1.807) is 0 Å². The minimum Gasteiger partial charge on any atom is -0.456 e. The van der Waals surface area contributed by atoms with E-state index in [1.807, 2.05) is 0 Å². The summed E-state index contributed by atoms with van der Waals surface area (Å²) in [6.45, 7) is 2.13. The summed E-state index contributed by atoms with van der Waals surface area (Å²) in [5.41, 5.74) is 6.44. The first-order valence-corrected chi connectivity index (χ1v) is 8.26. The van der Waals surface area contributed by atoms with Crippen molar-refractivity contribution in [3.8, 4) is 0 Å². The van der Waals surface area contributed by atoms with Crippen molar-refractivity contribution in [3.05, 3.63) is 47.0 Å². The predicted octanol–water partition coefficient (Wildman–Crippen LogP) is 5.94. The molecule has 0 radical (unpaired) electrons. The quantitative estimate of drug-likeness (QED) is 0.495. The van der Waals surface area contributed by atoms with E-state index >= 15 is 0 Å². The van der Waals surface area contributed by atoms with Gasteiger partial charge in [-0.15, -0.1) is 0 Å². The number of aryl methyl sites for hydroxylation is 3. The van der Waals surface area contributed by atoms with Gasteiger partial charge in [0.2, 0.25) is 0 Å². The second kappa shape index (κ2) is 5.22. The van der Waals surface area contributed by atoms with Crippen LogP contribution in [0.3, 0.4) is 0 Å². The molecule has 0 amide bonds. The van der Waals surface area contributed by atoms with Gasteiger partial charge in [0, 0.05) is 10.8 Å². The lowest BCUT2D eigenvalue weighted by Crippen LogP contribution is -1.94. The van der Waals surface area contributed by atoms with Crippen molar-refractivity contribution in [2.45, 2.75) is 51.9 Å². The monoisotopic (exact) mass is 278 g/mol. The standard InChI is InChI=1S/C20H22O/c1-14-9-11-17-18-12-10-15-7-5-3-2-4-6-8-16(15)20(18)21-19(17)13-14/h9-13H,2-8H2,1H3. The van der Waals surface area contributed by atoms with E-state index in [0.29, 0.717) is 0 Å². The third-order valence-corrected chi connectivity index (χ3v) is 4.87. The van der Waals surface area contributed by atoms with E-state index in [1.165, 1.54) is 72.4 Å². The van der Waals surface area contributed by atoms with Crippen LogP contribution in [0.2, 0.25) is 0 Å². The largest absolute Gasteiger partial charge is 0.456 e. The summed E-state index contributed by atoms with van der Waals surface area (Å²) in [4.78, 5) is 0. The Labute approximate surface area is 126 Å². The molecule has 1 aliphatic carbocycles. The Morgan fingerprint density at radius 2 is 1.57 bits per heavy atom. The predicted molar refractivity (Wildman–Crippen MR) is 89.0 cm³/mol. The summed E-state index contributed by atoms with van der Waals surface area (Å²) < 4.78 is 6.27. The van der Waals surface area contributed by atoms with E-state index in [-0.39, 0.29) is 0 Å². The van der Waals surface area contributed by atoms with Gasteiger partial charge in [0.25, 0.3) is 0 Å². The molecule has 1 heteroatoms. The molecule has 0 atom stereocenters. The number of rotatable bonds is 0. The van der Waals surface area contributed by atoms with Crippen LogP contribution in [0.4, 0.5) is 0 Å². The Bertz CT molecular complexity index is 794. The summed E-state index contributed by atoms with van der Waals surface area (Å²) >= 11 is 0. The summed E-state index contributed by atoms with van der Waals surface area (Å²) in [7, 11) is 0. The maximum absolute atomic E-state index is 6.27. The molecule has 108 valence electrons. The summed E-state index contributed by atoms with van der Waals surface area (Å²) in [6, 6.07) is 11.2. The number of hydrogen-bond donors (Lipinski definition) is 0. The van der Waals surface area contributed by atoms with Crippen LogP contribution in [0.5, 0.6) is 0 Å². The Kier molecular flexibility index (Phi) is 3.21. The molecule has 2 aromatic carbocycles. The van der Waals surface area contributed by atoms with Crippen molar-refractivity contribution < 1.29 is 4.42 Å². The van der Waals surface area contributed by atoms with Crippen molar-refractivity contribution in [3.63, 3.8) is 0 Å². The van der Waals surface area contributed by atoms with Gasteiger partial charge in [-0.3, -0.25) is 0 Å². The van der Waals surface area contributed by atoms with Crippen molar-refractivity contribution in [2.75, 3.05) is 0 Å². The molecule has 0 fully saturated rings. The van der Waals surface area contributed by atoms with Gasteiger partial charge in [0.05, 0.1) is 0 Å². The highest BCUT2D eigenvalue weighted by molar-refractivity contribution is 6.06. The number of furan rings is 1. The van der Waals surface area contributed by atoms with Crippen LogP contribution in [-0.2, 0) is 12.8 Å². The highest BCUT2D eigenvalue weighted by Crippen LogP contribution is 2.35. The zero-order chi connectivity index (χ0) is 14.2. The molecular weight excluding hydrogens is 256 g/mol. The fourth-order valence-electron chi connectivity index (χ4n) is 3.70. The van der Waals surface area contributed by atoms with Crippen molar-refractivity contribution >= 4 is 21.9 Å². The SMILES string of the molecule is Cc1ccc2c(c1)oc1c3c(ccc12)CCCCCCC3. The minimum atomic E-state index is 1.04. The molecule has 0 aliphatic heterocycles. The van der Waals surface area contributed by atoms with E-state index in [4.69, 9.17) is 4.42 Å². The lowest BCUT2D eigenvalue weighted by Gasteiger charge is -2.08. The normalized spacial score (nSPS) is 16.4. The summed E-state index contributed by atoms with van der Waals surface area (Å²) in [5, 5.41) is 2.56. The molecule has 0 saturated carbocycles. The third kappa shape index (κ3) is 2.25. The van der Waals surface area contributed by atoms with Gasteiger partial charge < -0.3 is 4.42 Å². The van der Waals surface area contributed by atoms with Crippen LogP contribution < -0.4 is 0 Å². The van der Waals surface area contributed by atoms with Gasteiger partial charge >= 0.3 is 0 Å². The van der Waals surface area contributed by atoms with Gasteiger partial charge in [-0.05, 0) is 55.4 Å². The van der Waals surface area contributed by atoms with E-state index < -0.39 is 0 Å². The smallest absolute Gasteiger partial charge is 0.138 e. The summed E-state index contributed by atoms with van der Waals surface area (Å²) in [5.74, 6) is 0. The first kappa shape index (κ1) is 12.9. The molecule has 4 rings (SSSR count). The Hall–Kier alpha value is -1.76. The van der Waals surface area contributed by atoms with Crippen LogP contribution in [-0.4, -0.2) is 0 Å². The van der Waals surface area contributed by atoms with Crippen LogP contribution in [0.25, 0.3) is 21.9 Å². The van der Waals surface area contributed by atoms with Crippen molar-refractivity contribution in [2.24, 2.45) is 0 Å². The van der Waals surface area contributed by atoms with Crippen LogP contribution >= 0.6 is 0 Å². The molecule has 0 unspecified atom stereocenters. The van der Waals surface area contributed by atoms with Gasteiger partial charge in [0.1, 0.15) is 11.2 Å². The maximum Gasteiger partial charge on any atom is 0.138 e. The molecule has 21 heavy (non-hydrogen) atoms. The van der Waals surface area contributed by atoms with Gasteiger partial charge in [-0.1, -0.05) is 43.5 Å². The number of hydrogen-bond acceptors (Lipinski definition) is 1. The Morgan fingerprint density at radius 1 is 0.810 bits per heavy atom. The maximum atomic E-state index is 6.27. The average molecular weight is 278 g/mol.